The molecule has 0 radical (unpaired) electrons. The molecular formula is C12H14ClNO3. The van der Waals surface area contributed by atoms with Crippen LogP contribution in [0.3, 0.4) is 0 Å². The van der Waals surface area contributed by atoms with Crippen LogP contribution in [0.25, 0.3) is 0 Å². The number of ether oxygens (including phenoxy) is 1. The second-order valence-electron chi connectivity index (χ2n) is 3.47. The molecule has 1 fully saturated rings. The standard InChI is InChI=1S/C8H7ClO2.C4H7NO/c9-8(10)11-6-7-4-2-1-3-5-7;6-4-2-1-3-5-4/h1-5H,6H2;1-3H2,(H,5,6). The quantitative estimate of drug-likeness (QED) is 0.826. The molecule has 4 nitrogen and oxygen atoms in total. The number of hydrogen-bond donors (Lipinski definition) is 1. The number of nitrogens with one attached hydrogen (secondary N) is 1. The Morgan fingerprint density at radius 3 is 2.47 bits per heavy atom. The van der Waals surface area contributed by atoms with Crippen LogP contribution in [0.1, 0.15) is 18.4 Å². The Labute approximate surface area is 105 Å². The van der Waals surface area contributed by atoms with E-state index >= 15 is 0 Å². The van der Waals surface area contributed by atoms with Crippen LogP contribution in [0.2, 0.25) is 0 Å². The molecule has 0 bridgehead atoms. The molecule has 0 unspecified atom stereocenters. The molecule has 1 aliphatic heterocycles. The Morgan fingerprint density at radius 2 is 2.06 bits per heavy atom. The minimum absolute atomic E-state index is 0.204. The molecule has 1 aromatic carbocycles. The summed E-state index contributed by atoms with van der Waals surface area (Å²) >= 11 is 4.97. The Bertz CT molecular complexity index is 359. The van der Waals surface area contributed by atoms with Gasteiger partial charge in [-0.3, -0.25) is 4.79 Å². The molecular weight excluding hydrogens is 242 g/mol. The van der Waals surface area contributed by atoms with Gasteiger partial charge in [-0.05, 0) is 12.0 Å². The molecule has 1 saturated heterocycles. The maximum atomic E-state index is 10.2. The minimum Gasteiger partial charge on any atom is -0.449 e. The first kappa shape index (κ1) is 13.5. The van der Waals surface area contributed by atoms with Crippen LogP contribution in [0.4, 0.5) is 4.79 Å². The molecule has 1 amide bonds. The van der Waals surface area contributed by atoms with Crippen molar-refractivity contribution in [2.45, 2.75) is 19.4 Å². The second kappa shape index (κ2) is 7.68. The zero-order valence-electron chi connectivity index (χ0n) is 9.32. The SMILES string of the molecule is O=C(Cl)OCc1ccccc1.O=C1CCCN1. The van der Waals surface area contributed by atoms with E-state index in [9.17, 15) is 9.59 Å². The third-order valence-corrected chi connectivity index (χ3v) is 2.21. The van der Waals surface area contributed by atoms with Gasteiger partial charge in [0.25, 0.3) is 0 Å². The van der Waals surface area contributed by atoms with E-state index < -0.39 is 5.43 Å². The van der Waals surface area contributed by atoms with Gasteiger partial charge in [0.2, 0.25) is 5.91 Å². The molecule has 1 aliphatic rings. The Morgan fingerprint density at radius 1 is 1.35 bits per heavy atom. The van der Waals surface area contributed by atoms with Crippen LogP contribution in [-0.2, 0) is 16.1 Å². The van der Waals surface area contributed by atoms with Crippen LogP contribution in [-0.4, -0.2) is 17.9 Å². The van der Waals surface area contributed by atoms with Crippen molar-refractivity contribution in [2.24, 2.45) is 0 Å². The second-order valence-corrected chi connectivity index (χ2v) is 3.77. The van der Waals surface area contributed by atoms with Crippen LogP contribution in [0.5, 0.6) is 0 Å². The van der Waals surface area contributed by atoms with Crippen molar-refractivity contribution >= 4 is 22.9 Å². The zero-order chi connectivity index (χ0) is 12.5. The number of halogens is 1. The van der Waals surface area contributed by atoms with Gasteiger partial charge in [0.05, 0.1) is 0 Å². The Balaban J connectivity index is 0.000000202. The molecule has 0 atom stereocenters. The summed E-state index contributed by atoms with van der Waals surface area (Å²) in [5.74, 6) is 0.204. The monoisotopic (exact) mass is 255 g/mol. The first-order chi connectivity index (χ1) is 8.18. The number of hydrogen-bond acceptors (Lipinski definition) is 3. The van der Waals surface area contributed by atoms with Crippen molar-refractivity contribution in [3.63, 3.8) is 0 Å². The maximum absolute atomic E-state index is 10.2. The normalized spacial score (nSPS) is 13.4. The van der Waals surface area contributed by atoms with Crippen molar-refractivity contribution in [3.8, 4) is 0 Å². The summed E-state index contributed by atoms with van der Waals surface area (Å²) in [5, 5.41) is 2.68. The predicted octanol–water partition coefficient (Wildman–Crippen LogP) is 2.46. The van der Waals surface area contributed by atoms with Crippen LogP contribution < -0.4 is 5.32 Å². The summed E-state index contributed by atoms with van der Waals surface area (Å²) < 4.78 is 4.55. The van der Waals surface area contributed by atoms with Gasteiger partial charge in [-0.15, -0.1) is 0 Å². The van der Waals surface area contributed by atoms with Crippen molar-refractivity contribution in [1.82, 2.24) is 5.32 Å². The summed E-state index contributed by atoms with van der Waals surface area (Å²) in [6.07, 6.45) is 1.76. The molecule has 1 aromatic rings. The summed E-state index contributed by atoms with van der Waals surface area (Å²) in [7, 11) is 0. The highest BCUT2D eigenvalue weighted by Gasteiger charge is 2.05. The fraction of sp³-hybridized carbons (Fsp3) is 0.333. The molecule has 2 rings (SSSR count). The maximum Gasteiger partial charge on any atom is 0.404 e. The van der Waals surface area contributed by atoms with E-state index in [0.29, 0.717) is 0 Å². The van der Waals surface area contributed by atoms with Crippen molar-refractivity contribution < 1.29 is 14.3 Å². The average Bonchev–Trinajstić information content (AvgIpc) is 2.80. The van der Waals surface area contributed by atoms with Gasteiger partial charge in [0.15, 0.2) is 0 Å². The van der Waals surface area contributed by atoms with E-state index in [2.05, 4.69) is 10.1 Å². The van der Waals surface area contributed by atoms with Crippen molar-refractivity contribution in [2.75, 3.05) is 6.54 Å². The Hall–Kier alpha value is -1.55. The van der Waals surface area contributed by atoms with E-state index in [0.717, 1.165) is 24.9 Å². The largest absolute Gasteiger partial charge is 0.449 e. The minimum atomic E-state index is -0.770. The van der Waals surface area contributed by atoms with Gasteiger partial charge < -0.3 is 10.1 Å². The summed E-state index contributed by atoms with van der Waals surface area (Å²) in [4.78, 5) is 20.3. The lowest BCUT2D eigenvalue weighted by Gasteiger charge is -1.98. The highest BCUT2D eigenvalue weighted by Crippen LogP contribution is 2.01. The lowest BCUT2D eigenvalue weighted by Crippen LogP contribution is -2.12. The first-order valence-electron chi connectivity index (χ1n) is 5.31. The summed E-state index contributed by atoms with van der Waals surface area (Å²) in [5.41, 5.74) is 0.162. The average molecular weight is 256 g/mol. The first-order valence-corrected chi connectivity index (χ1v) is 5.69. The lowest BCUT2D eigenvalue weighted by atomic mass is 10.2. The predicted molar refractivity (Wildman–Crippen MR) is 64.7 cm³/mol. The molecule has 0 aliphatic carbocycles. The highest BCUT2D eigenvalue weighted by atomic mass is 35.5. The summed E-state index contributed by atoms with van der Waals surface area (Å²) in [6, 6.07) is 9.36. The molecule has 17 heavy (non-hydrogen) atoms. The number of carbonyl (C=O) groups excluding carboxylic acids is 2. The molecule has 92 valence electrons. The number of carbonyl (C=O) groups is 2. The highest BCUT2D eigenvalue weighted by molar-refractivity contribution is 6.61. The van der Waals surface area contributed by atoms with Crippen molar-refractivity contribution in [3.05, 3.63) is 35.9 Å². The van der Waals surface area contributed by atoms with Gasteiger partial charge in [0.1, 0.15) is 6.61 Å². The Kier molecular flexibility index (Phi) is 6.10. The van der Waals surface area contributed by atoms with E-state index in [1.54, 1.807) is 0 Å². The topological polar surface area (TPSA) is 55.4 Å². The van der Waals surface area contributed by atoms with Gasteiger partial charge in [0, 0.05) is 24.6 Å². The smallest absolute Gasteiger partial charge is 0.404 e. The van der Waals surface area contributed by atoms with E-state index in [1.165, 1.54) is 0 Å². The van der Waals surface area contributed by atoms with Gasteiger partial charge in [-0.2, -0.15) is 0 Å². The molecule has 0 aromatic heterocycles. The molecule has 0 saturated carbocycles. The fourth-order valence-corrected chi connectivity index (χ4v) is 1.33. The van der Waals surface area contributed by atoms with Gasteiger partial charge in [-0.25, -0.2) is 4.79 Å². The van der Waals surface area contributed by atoms with E-state index in [-0.39, 0.29) is 12.5 Å². The summed E-state index contributed by atoms with van der Waals surface area (Å²) in [6.45, 7) is 1.13. The zero-order valence-corrected chi connectivity index (χ0v) is 10.1. The fourth-order valence-electron chi connectivity index (χ4n) is 1.28. The number of amides is 1. The molecule has 0 spiro atoms. The molecule has 5 heteroatoms. The van der Waals surface area contributed by atoms with Crippen molar-refractivity contribution in [1.29, 1.82) is 0 Å². The van der Waals surface area contributed by atoms with Crippen LogP contribution >= 0.6 is 11.6 Å². The van der Waals surface area contributed by atoms with Gasteiger partial charge >= 0.3 is 5.43 Å². The third-order valence-electron chi connectivity index (χ3n) is 2.10. The lowest BCUT2D eigenvalue weighted by molar-refractivity contribution is -0.119. The third kappa shape index (κ3) is 6.58. The van der Waals surface area contributed by atoms with E-state index in [1.807, 2.05) is 30.3 Å². The number of benzene rings is 1. The van der Waals surface area contributed by atoms with Crippen LogP contribution in [0.15, 0.2) is 30.3 Å². The van der Waals surface area contributed by atoms with Crippen LogP contribution in [0, 0.1) is 0 Å². The number of rotatable bonds is 2. The van der Waals surface area contributed by atoms with E-state index in [4.69, 9.17) is 11.6 Å². The molecule has 1 heterocycles. The van der Waals surface area contributed by atoms with Gasteiger partial charge in [-0.1, -0.05) is 30.3 Å². The molecule has 1 N–H and O–H groups in total.